The second-order valence-electron chi connectivity index (χ2n) is 5.96. The summed E-state index contributed by atoms with van der Waals surface area (Å²) < 4.78 is 5.91. The molecule has 0 radical (unpaired) electrons. The lowest BCUT2D eigenvalue weighted by molar-refractivity contribution is -0.0415. The minimum absolute atomic E-state index is 0.207. The van der Waals surface area contributed by atoms with Crippen molar-refractivity contribution < 1.29 is 14.6 Å². The summed E-state index contributed by atoms with van der Waals surface area (Å²) in [5.74, 6) is -0.880. The van der Waals surface area contributed by atoms with Crippen molar-refractivity contribution in [3.05, 3.63) is 29.3 Å². The fraction of sp³-hybridized carbons (Fsp3) is 0.562. The number of ether oxygens (including phenoxy) is 1. The minimum Gasteiger partial charge on any atom is -0.478 e. The summed E-state index contributed by atoms with van der Waals surface area (Å²) in [4.78, 5) is 13.5. The van der Waals surface area contributed by atoms with Crippen LogP contribution in [0.3, 0.4) is 0 Å². The molecular formula is C16H22N2O3. The Balaban J connectivity index is 1.55. The summed E-state index contributed by atoms with van der Waals surface area (Å²) in [7, 11) is 0. The molecule has 0 amide bonds. The Morgan fingerprint density at radius 1 is 1.52 bits per heavy atom. The molecule has 0 spiro atoms. The Labute approximate surface area is 124 Å². The van der Waals surface area contributed by atoms with Gasteiger partial charge in [0.2, 0.25) is 0 Å². The number of hydrogen-bond donors (Lipinski definition) is 2. The van der Waals surface area contributed by atoms with Gasteiger partial charge in [-0.2, -0.15) is 0 Å². The third-order valence-electron chi connectivity index (χ3n) is 4.45. The standard InChI is InChI=1S/C16H22N2O3/c1-11-7-12(4-5-15(11)16(19)20)17-8-14-9-18-6-2-3-13(18)10-21-14/h4-5,7,13-14,17H,2-3,6,8-10H2,1H3,(H,19,20). The second-order valence-corrected chi connectivity index (χ2v) is 5.96. The smallest absolute Gasteiger partial charge is 0.335 e. The van der Waals surface area contributed by atoms with Crippen molar-refractivity contribution in [3.63, 3.8) is 0 Å². The molecule has 3 rings (SSSR count). The molecule has 0 aliphatic carbocycles. The summed E-state index contributed by atoms with van der Waals surface area (Å²) in [5, 5.41) is 12.4. The number of anilines is 1. The van der Waals surface area contributed by atoms with Crippen LogP contribution in [0.2, 0.25) is 0 Å². The summed E-state index contributed by atoms with van der Waals surface area (Å²) in [5.41, 5.74) is 2.08. The number of nitrogens with one attached hydrogen (secondary N) is 1. The number of aryl methyl sites for hydroxylation is 1. The van der Waals surface area contributed by atoms with Gasteiger partial charge in [-0.05, 0) is 50.1 Å². The lowest BCUT2D eigenvalue weighted by Gasteiger charge is -2.35. The highest BCUT2D eigenvalue weighted by atomic mass is 16.5. The third kappa shape index (κ3) is 3.19. The molecule has 2 N–H and O–H groups in total. The largest absolute Gasteiger partial charge is 0.478 e. The topological polar surface area (TPSA) is 61.8 Å². The van der Waals surface area contributed by atoms with E-state index in [-0.39, 0.29) is 6.10 Å². The number of nitrogens with zero attached hydrogens (tertiary/aromatic N) is 1. The molecule has 0 bridgehead atoms. The molecule has 1 aromatic carbocycles. The molecule has 21 heavy (non-hydrogen) atoms. The van der Waals surface area contributed by atoms with Crippen LogP contribution in [0.25, 0.3) is 0 Å². The van der Waals surface area contributed by atoms with Gasteiger partial charge in [0.05, 0.1) is 18.3 Å². The van der Waals surface area contributed by atoms with Crippen molar-refractivity contribution in [2.75, 3.05) is 31.6 Å². The highest BCUT2D eigenvalue weighted by Crippen LogP contribution is 2.23. The van der Waals surface area contributed by atoms with Crippen LogP contribution in [-0.2, 0) is 4.74 Å². The number of carbonyl (C=O) groups is 1. The molecular weight excluding hydrogens is 268 g/mol. The van der Waals surface area contributed by atoms with Crippen molar-refractivity contribution in [1.82, 2.24) is 4.90 Å². The molecule has 1 aromatic rings. The maximum atomic E-state index is 11.0. The minimum atomic E-state index is -0.880. The molecule has 2 saturated heterocycles. The second kappa shape index (κ2) is 6.03. The van der Waals surface area contributed by atoms with E-state index in [1.165, 1.54) is 19.4 Å². The van der Waals surface area contributed by atoms with Crippen molar-refractivity contribution >= 4 is 11.7 Å². The van der Waals surface area contributed by atoms with E-state index in [0.29, 0.717) is 11.6 Å². The number of aromatic carboxylic acids is 1. The monoisotopic (exact) mass is 290 g/mol. The van der Waals surface area contributed by atoms with Crippen molar-refractivity contribution in [1.29, 1.82) is 0 Å². The van der Waals surface area contributed by atoms with Crippen LogP contribution in [0.1, 0.15) is 28.8 Å². The maximum Gasteiger partial charge on any atom is 0.335 e. The first-order valence-electron chi connectivity index (χ1n) is 7.57. The maximum absolute atomic E-state index is 11.0. The van der Waals surface area contributed by atoms with Crippen LogP contribution in [-0.4, -0.2) is 54.4 Å². The molecule has 2 unspecified atom stereocenters. The summed E-state index contributed by atoms with van der Waals surface area (Å²) >= 11 is 0. The van der Waals surface area contributed by atoms with Crippen LogP contribution in [0.5, 0.6) is 0 Å². The molecule has 0 aromatic heterocycles. The predicted molar refractivity (Wildman–Crippen MR) is 81.0 cm³/mol. The number of rotatable bonds is 4. The van der Waals surface area contributed by atoms with Gasteiger partial charge in [0.1, 0.15) is 0 Å². The first-order valence-corrected chi connectivity index (χ1v) is 7.57. The Hall–Kier alpha value is -1.59. The number of hydrogen-bond acceptors (Lipinski definition) is 4. The zero-order chi connectivity index (χ0) is 14.8. The summed E-state index contributed by atoms with van der Waals surface area (Å²) in [6.45, 7) is 5.60. The van der Waals surface area contributed by atoms with E-state index in [0.717, 1.165) is 30.9 Å². The lowest BCUT2D eigenvalue weighted by Crippen LogP contribution is -2.48. The molecule has 2 aliphatic heterocycles. The normalized spacial score (nSPS) is 25.6. The molecule has 5 nitrogen and oxygen atoms in total. The SMILES string of the molecule is Cc1cc(NCC2CN3CCCC3CO2)ccc1C(=O)O. The molecule has 2 atom stereocenters. The van der Waals surface area contributed by atoms with Gasteiger partial charge in [-0.1, -0.05) is 0 Å². The van der Waals surface area contributed by atoms with E-state index in [4.69, 9.17) is 9.84 Å². The number of morpholine rings is 1. The Morgan fingerprint density at radius 3 is 3.14 bits per heavy atom. The first kappa shape index (κ1) is 14.4. The van der Waals surface area contributed by atoms with Crippen molar-refractivity contribution in [2.45, 2.75) is 31.9 Å². The molecule has 5 heteroatoms. The quantitative estimate of drug-likeness (QED) is 0.887. The molecule has 2 aliphatic rings. The van der Waals surface area contributed by atoms with E-state index >= 15 is 0 Å². The fourth-order valence-corrected chi connectivity index (χ4v) is 3.25. The molecule has 114 valence electrons. The van der Waals surface area contributed by atoms with Gasteiger partial charge in [-0.3, -0.25) is 4.90 Å². The van der Waals surface area contributed by atoms with E-state index in [1.54, 1.807) is 6.07 Å². The van der Waals surface area contributed by atoms with Crippen molar-refractivity contribution in [3.8, 4) is 0 Å². The van der Waals surface area contributed by atoms with Crippen LogP contribution in [0.15, 0.2) is 18.2 Å². The Morgan fingerprint density at radius 2 is 2.38 bits per heavy atom. The van der Waals surface area contributed by atoms with Gasteiger partial charge in [-0.15, -0.1) is 0 Å². The predicted octanol–water partition coefficient (Wildman–Crippen LogP) is 1.97. The van der Waals surface area contributed by atoms with E-state index in [2.05, 4.69) is 10.2 Å². The van der Waals surface area contributed by atoms with Gasteiger partial charge in [0.15, 0.2) is 0 Å². The number of fused-ring (bicyclic) bond motifs is 1. The first-order chi connectivity index (χ1) is 10.1. The van der Waals surface area contributed by atoms with Crippen LogP contribution in [0, 0.1) is 6.92 Å². The molecule has 2 fully saturated rings. The van der Waals surface area contributed by atoms with Gasteiger partial charge in [0.25, 0.3) is 0 Å². The van der Waals surface area contributed by atoms with Gasteiger partial charge in [-0.25, -0.2) is 4.79 Å². The fourth-order valence-electron chi connectivity index (χ4n) is 3.25. The third-order valence-corrected chi connectivity index (χ3v) is 4.45. The van der Waals surface area contributed by atoms with Crippen molar-refractivity contribution in [2.24, 2.45) is 0 Å². The average molecular weight is 290 g/mol. The number of carboxylic acid groups (broad SMARTS) is 1. The van der Waals surface area contributed by atoms with Crippen LogP contribution in [0.4, 0.5) is 5.69 Å². The zero-order valence-corrected chi connectivity index (χ0v) is 12.3. The lowest BCUT2D eigenvalue weighted by atomic mass is 10.1. The Kier molecular flexibility index (Phi) is 4.12. The number of benzene rings is 1. The van der Waals surface area contributed by atoms with Gasteiger partial charge in [0, 0.05) is 24.8 Å². The van der Waals surface area contributed by atoms with Crippen LogP contribution >= 0.6 is 0 Å². The zero-order valence-electron chi connectivity index (χ0n) is 12.3. The Bertz CT molecular complexity index is 532. The highest BCUT2D eigenvalue weighted by molar-refractivity contribution is 5.89. The van der Waals surface area contributed by atoms with E-state index in [1.807, 2.05) is 19.1 Å². The average Bonchev–Trinajstić information content (AvgIpc) is 2.92. The van der Waals surface area contributed by atoms with Crippen LogP contribution < -0.4 is 5.32 Å². The summed E-state index contributed by atoms with van der Waals surface area (Å²) in [6, 6.07) is 5.97. The van der Waals surface area contributed by atoms with E-state index < -0.39 is 5.97 Å². The molecule has 0 saturated carbocycles. The van der Waals surface area contributed by atoms with E-state index in [9.17, 15) is 4.79 Å². The summed E-state index contributed by atoms with van der Waals surface area (Å²) in [6.07, 6.45) is 2.75. The van der Waals surface area contributed by atoms with Gasteiger partial charge < -0.3 is 15.2 Å². The highest BCUT2D eigenvalue weighted by Gasteiger charge is 2.31. The number of carboxylic acids is 1. The molecule has 2 heterocycles. The van der Waals surface area contributed by atoms with Gasteiger partial charge >= 0.3 is 5.97 Å².